The number of aliphatic carboxylic acids is 1. The van der Waals surface area contributed by atoms with Gasteiger partial charge in [-0.3, -0.25) is 4.79 Å². The van der Waals surface area contributed by atoms with Crippen LogP contribution in [0, 0.1) is 10.8 Å². The predicted octanol–water partition coefficient (Wildman–Crippen LogP) is 7.60. The summed E-state index contributed by atoms with van der Waals surface area (Å²) >= 11 is 0. The van der Waals surface area contributed by atoms with Gasteiger partial charge >= 0.3 is 5.97 Å². The average Bonchev–Trinajstić information content (AvgIpc) is 2.59. The van der Waals surface area contributed by atoms with Crippen LogP contribution in [0.1, 0.15) is 125 Å². The summed E-state index contributed by atoms with van der Waals surface area (Å²) in [6.07, 6.45) is 16.5. The maximum Gasteiger partial charge on any atom is 0.310 e. The van der Waals surface area contributed by atoms with Crippen LogP contribution >= 0.6 is 0 Å². The van der Waals surface area contributed by atoms with Crippen molar-refractivity contribution in [2.45, 2.75) is 125 Å². The fourth-order valence-corrected chi connectivity index (χ4v) is 4.82. The van der Waals surface area contributed by atoms with Gasteiger partial charge in [0.15, 0.2) is 0 Å². The van der Waals surface area contributed by atoms with E-state index in [1.54, 1.807) is 0 Å². The Labute approximate surface area is 151 Å². The molecule has 0 amide bonds. The smallest absolute Gasteiger partial charge is 0.310 e. The minimum absolute atomic E-state index is 0.0382. The summed E-state index contributed by atoms with van der Waals surface area (Å²) in [4.78, 5) is 12.1. The Morgan fingerprint density at radius 2 is 1.08 bits per heavy atom. The van der Waals surface area contributed by atoms with Gasteiger partial charge in [0.2, 0.25) is 0 Å². The number of carboxylic acids is 1. The molecule has 0 aromatic rings. The lowest BCUT2D eigenvalue weighted by molar-refractivity contribution is -0.161. The Morgan fingerprint density at radius 1 is 0.667 bits per heavy atom. The van der Waals surface area contributed by atoms with Gasteiger partial charge in [0.25, 0.3) is 0 Å². The van der Waals surface area contributed by atoms with Crippen LogP contribution in [0.25, 0.3) is 0 Å². The summed E-state index contributed by atoms with van der Waals surface area (Å²) in [5.74, 6) is -0.577. The van der Waals surface area contributed by atoms with E-state index in [4.69, 9.17) is 0 Å². The molecule has 2 nitrogen and oxygen atoms in total. The van der Waals surface area contributed by atoms with Crippen molar-refractivity contribution < 1.29 is 9.90 Å². The molecule has 0 aliphatic rings. The van der Waals surface area contributed by atoms with Gasteiger partial charge in [-0.05, 0) is 37.5 Å². The Kier molecular flexibility index (Phi) is 12.5. The first-order chi connectivity index (χ1) is 11.5. The van der Waals surface area contributed by atoms with Crippen molar-refractivity contribution in [3.05, 3.63) is 0 Å². The van der Waals surface area contributed by atoms with Crippen molar-refractivity contribution in [1.29, 1.82) is 0 Å². The Bertz CT molecular complexity index is 314. The van der Waals surface area contributed by atoms with E-state index < -0.39 is 11.4 Å². The van der Waals surface area contributed by atoms with Crippen LogP contribution in [0.4, 0.5) is 0 Å². The second kappa shape index (κ2) is 12.8. The molecule has 0 aromatic carbocycles. The van der Waals surface area contributed by atoms with Gasteiger partial charge in [-0.2, -0.15) is 0 Å². The zero-order chi connectivity index (χ0) is 18.5. The van der Waals surface area contributed by atoms with Gasteiger partial charge in [0.1, 0.15) is 0 Å². The Morgan fingerprint density at radius 3 is 1.42 bits per heavy atom. The highest BCUT2D eigenvalue weighted by Gasteiger charge is 2.51. The number of unbranched alkanes of at least 4 members (excludes halogenated alkanes) is 8. The van der Waals surface area contributed by atoms with Gasteiger partial charge in [-0.15, -0.1) is 0 Å². The minimum Gasteiger partial charge on any atom is -0.481 e. The normalized spacial score (nSPS) is 12.5. The van der Waals surface area contributed by atoms with Gasteiger partial charge in [0, 0.05) is 0 Å². The minimum atomic E-state index is -0.577. The fourth-order valence-electron chi connectivity index (χ4n) is 4.82. The standard InChI is InChI=1S/C22H44O2/c1-6-11-12-13-14-15-16-17-18-19-21(7-2,8-3)22(9-4,10-5)20(23)24/h6-19H2,1-5H3,(H,23,24). The monoisotopic (exact) mass is 340 g/mol. The van der Waals surface area contributed by atoms with Crippen molar-refractivity contribution in [3.63, 3.8) is 0 Å². The summed E-state index contributed by atoms with van der Waals surface area (Å²) in [5.41, 5.74) is -0.583. The maximum atomic E-state index is 12.1. The van der Waals surface area contributed by atoms with Gasteiger partial charge < -0.3 is 5.11 Å². The maximum absolute atomic E-state index is 12.1. The van der Waals surface area contributed by atoms with E-state index in [0.717, 1.165) is 32.1 Å². The first kappa shape index (κ1) is 23.5. The van der Waals surface area contributed by atoms with E-state index in [0.29, 0.717) is 0 Å². The molecule has 144 valence electrons. The molecule has 2 heteroatoms. The number of carboxylic acid groups (broad SMARTS) is 1. The third-order valence-electron chi connectivity index (χ3n) is 6.74. The molecule has 0 radical (unpaired) electrons. The van der Waals surface area contributed by atoms with Crippen molar-refractivity contribution in [2.24, 2.45) is 10.8 Å². The summed E-state index contributed by atoms with van der Waals surface area (Å²) in [6.45, 7) is 10.8. The molecule has 0 bridgehead atoms. The molecule has 1 N–H and O–H groups in total. The topological polar surface area (TPSA) is 37.3 Å². The van der Waals surface area contributed by atoms with E-state index in [1.165, 1.54) is 57.8 Å². The molecule has 0 aliphatic carbocycles. The quantitative estimate of drug-likeness (QED) is 0.294. The molecule has 0 saturated carbocycles. The molecule has 0 spiro atoms. The first-order valence-electron chi connectivity index (χ1n) is 10.7. The Hall–Kier alpha value is -0.530. The molecule has 0 aromatic heterocycles. The van der Waals surface area contributed by atoms with Crippen LogP contribution in [-0.4, -0.2) is 11.1 Å². The number of hydrogen-bond acceptors (Lipinski definition) is 1. The third-order valence-corrected chi connectivity index (χ3v) is 6.74. The van der Waals surface area contributed by atoms with Crippen molar-refractivity contribution in [2.75, 3.05) is 0 Å². The van der Waals surface area contributed by atoms with Crippen molar-refractivity contribution >= 4 is 5.97 Å². The average molecular weight is 341 g/mol. The van der Waals surface area contributed by atoms with Gasteiger partial charge in [-0.25, -0.2) is 0 Å². The van der Waals surface area contributed by atoms with E-state index in [1.807, 2.05) is 0 Å². The van der Waals surface area contributed by atoms with Crippen LogP contribution in [0.2, 0.25) is 0 Å². The highest BCUT2D eigenvalue weighted by Crippen LogP contribution is 2.53. The lowest BCUT2D eigenvalue weighted by Gasteiger charge is -2.47. The van der Waals surface area contributed by atoms with Crippen LogP contribution < -0.4 is 0 Å². The molecule has 24 heavy (non-hydrogen) atoms. The van der Waals surface area contributed by atoms with Crippen LogP contribution in [0.5, 0.6) is 0 Å². The first-order valence-corrected chi connectivity index (χ1v) is 10.7. The third kappa shape index (κ3) is 6.08. The summed E-state index contributed by atoms with van der Waals surface area (Å²) in [7, 11) is 0. The SMILES string of the molecule is CCCCCCCCCCCC(CC)(CC)C(CC)(CC)C(=O)O. The van der Waals surface area contributed by atoms with Crippen molar-refractivity contribution in [3.8, 4) is 0 Å². The van der Waals surface area contributed by atoms with E-state index in [9.17, 15) is 9.90 Å². The van der Waals surface area contributed by atoms with E-state index >= 15 is 0 Å². The molecule has 0 fully saturated rings. The fraction of sp³-hybridized carbons (Fsp3) is 0.955. The lowest BCUT2D eigenvalue weighted by Crippen LogP contribution is -2.46. The van der Waals surface area contributed by atoms with Crippen LogP contribution in [0.15, 0.2) is 0 Å². The number of carbonyl (C=O) groups is 1. The number of rotatable bonds is 16. The zero-order valence-electron chi connectivity index (χ0n) is 17.3. The van der Waals surface area contributed by atoms with Crippen LogP contribution in [0.3, 0.4) is 0 Å². The predicted molar refractivity (Wildman–Crippen MR) is 106 cm³/mol. The molecule has 0 heterocycles. The van der Waals surface area contributed by atoms with Crippen LogP contribution in [-0.2, 0) is 4.79 Å². The molecular weight excluding hydrogens is 296 g/mol. The van der Waals surface area contributed by atoms with Crippen molar-refractivity contribution in [1.82, 2.24) is 0 Å². The second-order valence-electron chi connectivity index (χ2n) is 7.66. The second-order valence-corrected chi connectivity index (χ2v) is 7.66. The lowest BCUT2D eigenvalue weighted by atomic mass is 9.55. The Balaban J connectivity index is 4.45. The molecule has 0 unspecified atom stereocenters. The zero-order valence-corrected chi connectivity index (χ0v) is 17.3. The van der Waals surface area contributed by atoms with Gasteiger partial charge in [-0.1, -0.05) is 92.4 Å². The molecule has 0 atom stereocenters. The van der Waals surface area contributed by atoms with Gasteiger partial charge in [0.05, 0.1) is 5.41 Å². The molecule has 0 saturated heterocycles. The summed E-state index contributed by atoms with van der Waals surface area (Å²) < 4.78 is 0. The molecular formula is C22H44O2. The van der Waals surface area contributed by atoms with E-state index in [2.05, 4.69) is 34.6 Å². The summed E-state index contributed by atoms with van der Waals surface area (Å²) in [6, 6.07) is 0. The highest BCUT2D eigenvalue weighted by atomic mass is 16.4. The largest absolute Gasteiger partial charge is 0.481 e. The molecule has 0 rings (SSSR count). The molecule has 0 aliphatic heterocycles. The van der Waals surface area contributed by atoms with E-state index in [-0.39, 0.29) is 5.41 Å². The number of hydrogen-bond donors (Lipinski definition) is 1. The summed E-state index contributed by atoms with van der Waals surface area (Å²) in [5, 5.41) is 9.97. The highest BCUT2D eigenvalue weighted by molar-refractivity contribution is 5.75.